The molecule has 0 aliphatic rings. The Labute approximate surface area is 42.7 Å². The van der Waals surface area contributed by atoms with Crippen LogP contribution in [-0.2, 0) is 0 Å². The standard InChI is InChI=1S/H4S3Si/c1-4(2)3/h1-4H. The van der Waals surface area contributed by atoms with Gasteiger partial charge in [0.25, 0.3) is 0 Å². The van der Waals surface area contributed by atoms with Gasteiger partial charge in [0.2, 0.25) is 6.25 Å². The van der Waals surface area contributed by atoms with E-state index in [9.17, 15) is 0 Å². The third-order valence-electron chi connectivity index (χ3n) is 0. The topological polar surface area (TPSA) is 0 Å². The van der Waals surface area contributed by atoms with Crippen molar-refractivity contribution in [1.82, 2.24) is 0 Å². The summed E-state index contributed by atoms with van der Waals surface area (Å²) in [4.78, 5) is 0. The molecule has 0 nitrogen and oxygen atoms in total. The Morgan fingerprint density at radius 1 is 1.00 bits per heavy atom. The zero-order valence-electron chi connectivity index (χ0n) is 1.92. The molecule has 0 fully saturated rings. The second kappa shape index (κ2) is 2.50. The second-order valence-electron chi connectivity index (χ2n) is 0.346. The number of hydrogen-bond acceptors (Lipinski definition) is 3. The molecule has 0 aliphatic heterocycles. The smallest absolute Gasteiger partial charge is 0.183 e. The van der Waals surface area contributed by atoms with Crippen LogP contribution in [0.2, 0.25) is 0 Å². The zero-order valence-corrected chi connectivity index (χ0v) is 5.76. The highest BCUT2D eigenvalue weighted by atomic mass is 32.7. The van der Waals surface area contributed by atoms with E-state index in [-0.39, 0.29) is 0 Å². The van der Waals surface area contributed by atoms with E-state index in [0.717, 1.165) is 0 Å². The highest BCUT2D eigenvalue weighted by Gasteiger charge is 1.76. The van der Waals surface area contributed by atoms with E-state index in [1.165, 1.54) is 0 Å². The molecule has 0 rings (SSSR count). The van der Waals surface area contributed by atoms with Gasteiger partial charge in [0.15, 0.2) is 0 Å². The summed E-state index contributed by atoms with van der Waals surface area (Å²) in [5.74, 6) is 0. The van der Waals surface area contributed by atoms with Gasteiger partial charge in [-0.15, -0.1) is 0 Å². The molecule has 0 aliphatic carbocycles. The van der Waals surface area contributed by atoms with E-state index in [1.807, 2.05) is 0 Å². The molecule has 0 aromatic rings. The third kappa shape index (κ3) is 10.5. The summed E-state index contributed by atoms with van der Waals surface area (Å²) in [6.45, 7) is 0. The van der Waals surface area contributed by atoms with E-state index < -0.39 is 6.25 Å². The Balaban J connectivity index is 2.32. The van der Waals surface area contributed by atoms with Gasteiger partial charge in [0, 0.05) is 0 Å². The lowest BCUT2D eigenvalue weighted by Crippen LogP contribution is -1.67. The predicted molar refractivity (Wildman–Crippen MR) is 34.1 cm³/mol. The van der Waals surface area contributed by atoms with Gasteiger partial charge in [0.05, 0.1) is 0 Å². The monoisotopic (exact) mass is 128 g/mol. The number of thiol groups is 3. The molecular formula is H4S3Si. The number of hydrogen-bond donors (Lipinski definition) is 3. The van der Waals surface area contributed by atoms with Crippen LogP contribution >= 0.6 is 36.2 Å². The SMILES string of the molecule is S[SiH](S)S. The molecular weight excluding hydrogens is 124 g/mol. The summed E-state index contributed by atoms with van der Waals surface area (Å²) in [6, 6.07) is 0. The molecule has 0 heterocycles. The first-order valence-corrected chi connectivity index (χ1v) is 6.97. The van der Waals surface area contributed by atoms with Crippen LogP contribution < -0.4 is 0 Å². The van der Waals surface area contributed by atoms with Gasteiger partial charge < -0.3 is 0 Å². The highest BCUT2D eigenvalue weighted by molar-refractivity contribution is 8.63. The van der Waals surface area contributed by atoms with Crippen molar-refractivity contribution >= 4 is 42.5 Å². The van der Waals surface area contributed by atoms with Crippen LogP contribution in [0.5, 0.6) is 0 Å². The van der Waals surface area contributed by atoms with Gasteiger partial charge in [-0.3, -0.25) is 0 Å². The fourth-order valence-corrected chi connectivity index (χ4v) is 0. The molecule has 0 saturated carbocycles. The lowest BCUT2D eigenvalue weighted by Gasteiger charge is -1.73. The van der Waals surface area contributed by atoms with E-state index in [2.05, 4.69) is 36.2 Å². The summed E-state index contributed by atoms with van der Waals surface area (Å²) in [7, 11) is 0. The molecule has 4 heteroatoms. The van der Waals surface area contributed by atoms with Crippen molar-refractivity contribution in [3.8, 4) is 0 Å². The van der Waals surface area contributed by atoms with Crippen molar-refractivity contribution in [3.63, 3.8) is 0 Å². The Kier molecular flexibility index (Phi) is 3.29. The van der Waals surface area contributed by atoms with Crippen LogP contribution in [0.1, 0.15) is 0 Å². The van der Waals surface area contributed by atoms with Crippen molar-refractivity contribution in [2.24, 2.45) is 0 Å². The largest absolute Gasteiger partial charge is 0.212 e. The minimum absolute atomic E-state index is 1.06. The van der Waals surface area contributed by atoms with Crippen molar-refractivity contribution < 1.29 is 0 Å². The van der Waals surface area contributed by atoms with Crippen LogP contribution in [0.4, 0.5) is 0 Å². The van der Waals surface area contributed by atoms with Gasteiger partial charge in [-0.1, -0.05) is 0 Å². The Bertz CT molecular complexity index is 8.00. The molecule has 0 aromatic heterocycles. The second-order valence-corrected chi connectivity index (χ2v) is 9.35. The van der Waals surface area contributed by atoms with Crippen molar-refractivity contribution in [2.75, 3.05) is 0 Å². The van der Waals surface area contributed by atoms with Gasteiger partial charge >= 0.3 is 0 Å². The molecule has 0 bridgehead atoms. The maximum atomic E-state index is 3.83. The first-order chi connectivity index (χ1) is 1.73. The molecule has 0 aromatic carbocycles. The quantitative estimate of drug-likeness (QED) is 0.307. The summed E-state index contributed by atoms with van der Waals surface area (Å²) >= 11 is 11.5. The van der Waals surface area contributed by atoms with E-state index in [4.69, 9.17) is 0 Å². The summed E-state index contributed by atoms with van der Waals surface area (Å²) in [6.07, 6.45) is -1.06. The number of rotatable bonds is 0. The lowest BCUT2D eigenvalue weighted by molar-refractivity contribution is 4.71. The average molecular weight is 128 g/mol. The van der Waals surface area contributed by atoms with Crippen LogP contribution in [0, 0.1) is 0 Å². The first kappa shape index (κ1) is 5.27. The Morgan fingerprint density at radius 3 is 1.00 bits per heavy atom. The summed E-state index contributed by atoms with van der Waals surface area (Å²) < 4.78 is 0. The molecule has 0 unspecified atom stereocenters. The lowest BCUT2D eigenvalue weighted by atomic mass is 27.4. The first-order valence-electron chi connectivity index (χ1n) is 0.775. The molecule has 0 atom stereocenters. The normalized spacial score (nSPS) is 9.00. The third-order valence-corrected chi connectivity index (χ3v) is 0. The van der Waals surface area contributed by atoms with Crippen molar-refractivity contribution in [3.05, 3.63) is 0 Å². The van der Waals surface area contributed by atoms with Gasteiger partial charge in [-0.2, -0.15) is 36.2 Å². The zero-order chi connectivity index (χ0) is 3.58. The Morgan fingerprint density at radius 2 is 1.00 bits per heavy atom. The molecule has 26 valence electrons. The van der Waals surface area contributed by atoms with E-state index in [1.54, 1.807) is 0 Å². The highest BCUT2D eigenvalue weighted by Crippen LogP contribution is 1.94. The minimum Gasteiger partial charge on any atom is -0.183 e. The van der Waals surface area contributed by atoms with Crippen molar-refractivity contribution in [1.29, 1.82) is 0 Å². The average Bonchev–Trinajstić information content (AvgIpc) is 0.811. The molecule has 4 heavy (non-hydrogen) atoms. The summed E-state index contributed by atoms with van der Waals surface area (Å²) in [5.41, 5.74) is 0. The summed E-state index contributed by atoms with van der Waals surface area (Å²) in [5, 5.41) is 0. The van der Waals surface area contributed by atoms with Crippen LogP contribution in [0.25, 0.3) is 0 Å². The predicted octanol–water partition coefficient (Wildman–Crippen LogP) is 0.493. The van der Waals surface area contributed by atoms with E-state index >= 15 is 0 Å². The Hall–Kier alpha value is 1.27. The fourth-order valence-electron chi connectivity index (χ4n) is 0. The molecule has 0 radical (unpaired) electrons. The van der Waals surface area contributed by atoms with Crippen LogP contribution in [0.15, 0.2) is 0 Å². The maximum Gasteiger partial charge on any atom is 0.212 e. The minimum atomic E-state index is -1.06. The molecule has 0 spiro atoms. The van der Waals surface area contributed by atoms with Crippen LogP contribution in [-0.4, -0.2) is 6.25 Å². The molecule has 0 N–H and O–H groups in total. The van der Waals surface area contributed by atoms with Crippen molar-refractivity contribution in [2.45, 2.75) is 0 Å². The van der Waals surface area contributed by atoms with E-state index in [0.29, 0.717) is 0 Å². The molecule has 0 amide bonds. The van der Waals surface area contributed by atoms with Gasteiger partial charge in [-0.25, -0.2) is 0 Å². The fraction of sp³-hybridized carbons (Fsp3) is 0. The maximum absolute atomic E-state index is 3.83. The molecule has 0 saturated heterocycles. The van der Waals surface area contributed by atoms with Gasteiger partial charge in [-0.05, 0) is 0 Å². The van der Waals surface area contributed by atoms with Gasteiger partial charge in [0.1, 0.15) is 0 Å². The van der Waals surface area contributed by atoms with Crippen LogP contribution in [0.3, 0.4) is 0 Å².